The molecule has 0 unspecified atom stereocenters. The van der Waals surface area contributed by atoms with Gasteiger partial charge in [0.15, 0.2) is 5.82 Å². The van der Waals surface area contributed by atoms with Crippen LogP contribution in [0, 0.1) is 20.8 Å². The lowest BCUT2D eigenvalue weighted by atomic mass is 10.1. The van der Waals surface area contributed by atoms with E-state index in [-0.39, 0.29) is 5.82 Å². The summed E-state index contributed by atoms with van der Waals surface area (Å²) in [6.07, 6.45) is 0. The van der Waals surface area contributed by atoms with Gasteiger partial charge in [-0.2, -0.15) is 0 Å². The summed E-state index contributed by atoms with van der Waals surface area (Å²) in [5.41, 5.74) is 2.58. The molecule has 2 aromatic rings. The third-order valence-corrected chi connectivity index (χ3v) is 2.71. The van der Waals surface area contributed by atoms with Gasteiger partial charge in [-0.05, 0) is 32.4 Å². The molecule has 1 aromatic heterocycles. The second kappa shape index (κ2) is 5.56. The number of nitrogens with one attached hydrogen (secondary N) is 2. The molecule has 20 heavy (non-hydrogen) atoms. The van der Waals surface area contributed by atoms with Crippen LogP contribution in [0.3, 0.4) is 0 Å². The van der Waals surface area contributed by atoms with Gasteiger partial charge in [0, 0.05) is 11.8 Å². The van der Waals surface area contributed by atoms with Gasteiger partial charge >= 0.3 is 11.8 Å². The lowest BCUT2D eigenvalue weighted by Crippen LogP contribution is -2.29. The van der Waals surface area contributed by atoms with Crippen LogP contribution in [0.2, 0.25) is 0 Å². The van der Waals surface area contributed by atoms with Crippen molar-refractivity contribution in [3.8, 4) is 0 Å². The van der Waals surface area contributed by atoms with Crippen molar-refractivity contribution >= 4 is 23.3 Å². The van der Waals surface area contributed by atoms with Gasteiger partial charge in [0.2, 0.25) is 0 Å². The number of rotatable bonds is 2. The van der Waals surface area contributed by atoms with Crippen LogP contribution in [0.5, 0.6) is 0 Å². The van der Waals surface area contributed by atoms with Crippen molar-refractivity contribution in [2.24, 2.45) is 0 Å². The van der Waals surface area contributed by atoms with Crippen LogP contribution in [0.25, 0.3) is 0 Å². The van der Waals surface area contributed by atoms with E-state index < -0.39 is 11.8 Å². The number of aromatic nitrogens is 1. The number of hydrogen-bond donors (Lipinski definition) is 2. The van der Waals surface area contributed by atoms with Crippen molar-refractivity contribution in [1.29, 1.82) is 0 Å². The van der Waals surface area contributed by atoms with Crippen molar-refractivity contribution in [3.63, 3.8) is 0 Å². The number of benzene rings is 1. The fourth-order valence-electron chi connectivity index (χ4n) is 1.73. The lowest BCUT2D eigenvalue weighted by molar-refractivity contribution is -0.133. The molecule has 0 saturated carbocycles. The predicted octanol–water partition coefficient (Wildman–Crippen LogP) is 2.18. The average Bonchev–Trinajstić information content (AvgIpc) is 2.78. The molecule has 0 aliphatic carbocycles. The van der Waals surface area contributed by atoms with Crippen molar-refractivity contribution in [1.82, 2.24) is 5.16 Å². The highest BCUT2D eigenvalue weighted by Crippen LogP contribution is 2.16. The van der Waals surface area contributed by atoms with Gasteiger partial charge < -0.3 is 9.84 Å². The summed E-state index contributed by atoms with van der Waals surface area (Å²) in [7, 11) is 0. The molecule has 0 atom stereocenters. The third kappa shape index (κ3) is 3.23. The number of hydrogen-bond acceptors (Lipinski definition) is 4. The van der Waals surface area contributed by atoms with E-state index in [4.69, 9.17) is 4.52 Å². The molecule has 2 rings (SSSR count). The van der Waals surface area contributed by atoms with E-state index in [2.05, 4.69) is 15.8 Å². The first-order chi connectivity index (χ1) is 9.45. The highest BCUT2D eigenvalue weighted by Gasteiger charge is 2.16. The Labute approximate surface area is 116 Å². The minimum absolute atomic E-state index is 0.211. The zero-order valence-electron chi connectivity index (χ0n) is 11.5. The molecule has 1 aromatic carbocycles. The number of anilines is 2. The van der Waals surface area contributed by atoms with Crippen molar-refractivity contribution in [3.05, 3.63) is 41.2 Å². The van der Waals surface area contributed by atoms with E-state index in [0.29, 0.717) is 11.4 Å². The van der Waals surface area contributed by atoms with E-state index in [1.165, 1.54) is 6.07 Å². The number of carbonyl (C=O) groups is 2. The van der Waals surface area contributed by atoms with Crippen molar-refractivity contribution in [2.45, 2.75) is 20.8 Å². The Kier molecular flexibility index (Phi) is 3.84. The van der Waals surface area contributed by atoms with Gasteiger partial charge in [0.05, 0.1) is 0 Å². The zero-order valence-corrected chi connectivity index (χ0v) is 11.5. The quantitative estimate of drug-likeness (QED) is 0.821. The van der Waals surface area contributed by atoms with Crippen LogP contribution in [-0.2, 0) is 9.59 Å². The van der Waals surface area contributed by atoms with E-state index in [0.717, 1.165) is 11.1 Å². The molecule has 104 valence electrons. The second-order valence-electron chi connectivity index (χ2n) is 4.55. The minimum atomic E-state index is -0.793. The number of aryl methyl sites for hydroxylation is 3. The van der Waals surface area contributed by atoms with E-state index in [1.807, 2.05) is 26.0 Å². The van der Waals surface area contributed by atoms with Crippen LogP contribution in [0.4, 0.5) is 11.5 Å². The molecular weight excluding hydrogens is 258 g/mol. The largest absolute Gasteiger partial charge is 0.360 e. The van der Waals surface area contributed by atoms with Gasteiger partial charge in [-0.15, -0.1) is 0 Å². The monoisotopic (exact) mass is 273 g/mol. The Hall–Kier alpha value is -2.63. The number of amides is 2. The second-order valence-corrected chi connectivity index (χ2v) is 4.55. The molecule has 2 N–H and O–H groups in total. The van der Waals surface area contributed by atoms with Gasteiger partial charge in [-0.1, -0.05) is 22.9 Å². The molecule has 0 saturated heterocycles. The summed E-state index contributed by atoms with van der Waals surface area (Å²) in [4.78, 5) is 23.5. The fraction of sp³-hybridized carbons (Fsp3) is 0.214. The van der Waals surface area contributed by atoms with Crippen LogP contribution >= 0.6 is 0 Å². The maximum atomic E-state index is 11.8. The summed E-state index contributed by atoms with van der Waals surface area (Å²) >= 11 is 0. The first kappa shape index (κ1) is 13.8. The molecule has 2 amide bonds. The Morgan fingerprint density at radius 2 is 1.75 bits per heavy atom. The number of carbonyl (C=O) groups excluding carboxylic acids is 2. The van der Waals surface area contributed by atoms with E-state index in [1.54, 1.807) is 13.0 Å². The smallest absolute Gasteiger partial charge is 0.315 e. The molecule has 1 heterocycles. The molecule has 6 nitrogen and oxygen atoms in total. The van der Waals surface area contributed by atoms with E-state index in [9.17, 15) is 9.59 Å². The SMILES string of the molecule is Cc1ccc(NC(=O)C(=O)Nc2cc(C)on2)c(C)c1. The molecule has 0 aliphatic rings. The summed E-state index contributed by atoms with van der Waals surface area (Å²) in [5.74, 6) is -0.783. The van der Waals surface area contributed by atoms with Crippen LogP contribution in [0.1, 0.15) is 16.9 Å². The number of nitrogens with zero attached hydrogens (tertiary/aromatic N) is 1. The minimum Gasteiger partial charge on any atom is -0.360 e. The summed E-state index contributed by atoms with van der Waals surface area (Å²) in [6, 6.07) is 7.08. The topological polar surface area (TPSA) is 84.2 Å². The van der Waals surface area contributed by atoms with Crippen molar-refractivity contribution in [2.75, 3.05) is 10.6 Å². The molecule has 0 spiro atoms. The Morgan fingerprint density at radius 1 is 1.05 bits per heavy atom. The lowest BCUT2D eigenvalue weighted by Gasteiger charge is -2.08. The van der Waals surface area contributed by atoms with Gasteiger partial charge in [-0.25, -0.2) is 0 Å². The van der Waals surface area contributed by atoms with Crippen LogP contribution < -0.4 is 10.6 Å². The first-order valence-corrected chi connectivity index (χ1v) is 6.08. The standard InChI is InChI=1S/C14H15N3O3/c1-8-4-5-11(9(2)6-8)15-13(18)14(19)16-12-7-10(3)20-17-12/h4-7H,1-3H3,(H,15,18)(H,16,17,19). The molecule has 0 radical (unpaired) electrons. The fourth-order valence-corrected chi connectivity index (χ4v) is 1.73. The first-order valence-electron chi connectivity index (χ1n) is 6.08. The van der Waals surface area contributed by atoms with Crippen LogP contribution in [0.15, 0.2) is 28.8 Å². The summed E-state index contributed by atoms with van der Waals surface area (Å²) in [5, 5.41) is 8.50. The maximum Gasteiger partial charge on any atom is 0.315 e. The third-order valence-electron chi connectivity index (χ3n) is 2.71. The Bertz CT molecular complexity index is 661. The van der Waals surface area contributed by atoms with Gasteiger partial charge in [0.25, 0.3) is 0 Å². The zero-order chi connectivity index (χ0) is 14.7. The summed E-state index contributed by atoms with van der Waals surface area (Å²) < 4.78 is 4.80. The van der Waals surface area contributed by atoms with Crippen molar-refractivity contribution < 1.29 is 14.1 Å². The van der Waals surface area contributed by atoms with Gasteiger partial charge in [-0.3, -0.25) is 14.9 Å². The highest BCUT2D eigenvalue weighted by molar-refractivity contribution is 6.43. The molecular formula is C14H15N3O3. The van der Waals surface area contributed by atoms with Gasteiger partial charge in [0.1, 0.15) is 5.76 Å². The molecule has 6 heteroatoms. The predicted molar refractivity (Wildman–Crippen MR) is 74.4 cm³/mol. The maximum absolute atomic E-state index is 11.8. The van der Waals surface area contributed by atoms with Crippen LogP contribution in [-0.4, -0.2) is 17.0 Å². The van der Waals surface area contributed by atoms with E-state index >= 15 is 0 Å². The summed E-state index contributed by atoms with van der Waals surface area (Å²) in [6.45, 7) is 5.51. The Balaban J connectivity index is 2.02. The normalized spacial score (nSPS) is 10.2. The Morgan fingerprint density at radius 3 is 2.35 bits per heavy atom. The average molecular weight is 273 g/mol. The highest BCUT2D eigenvalue weighted by atomic mass is 16.5. The molecule has 0 aliphatic heterocycles. The molecule has 0 bridgehead atoms. The molecule has 0 fully saturated rings.